The molecule has 1 aliphatic heterocycles. The molecule has 4 aromatic rings. The Morgan fingerprint density at radius 2 is 2.06 bits per heavy atom. The van der Waals surface area contributed by atoms with Crippen LogP contribution in [0.4, 0.5) is 5.95 Å². The maximum atomic E-state index is 13.9. The number of hydrogen-bond acceptors (Lipinski definition) is 7. The summed E-state index contributed by atoms with van der Waals surface area (Å²) < 4.78 is 9.94. The number of imidazole rings is 1. The summed E-state index contributed by atoms with van der Waals surface area (Å²) >= 11 is 0. The second-order valence-electron chi connectivity index (χ2n) is 9.00. The molecular formula is C26H29N7O3. The van der Waals surface area contributed by atoms with Crippen molar-refractivity contribution in [3.05, 3.63) is 56.9 Å². The highest BCUT2D eigenvalue weighted by molar-refractivity contribution is 5.87. The van der Waals surface area contributed by atoms with Crippen LogP contribution in [0.25, 0.3) is 22.1 Å². The molecule has 0 radical (unpaired) electrons. The number of rotatable bonds is 5. The summed E-state index contributed by atoms with van der Waals surface area (Å²) in [5, 5.41) is 0.819. The molecule has 0 amide bonds. The van der Waals surface area contributed by atoms with Gasteiger partial charge in [-0.15, -0.1) is 5.92 Å². The number of aryl methyl sites for hydroxylation is 1. The maximum Gasteiger partial charge on any atom is 0.332 e. The predicted molar refractivity (Wildman–Crippen MR) is 140 cm³/mol. The Morgan fingerprint density at radius 1 is 1.22 bits per heavy atom. The van der Waals surface area contributed by atoms with Crippen LogP contribution in [0.5, 0.6) is 5.75 Å². The maximum absolute atomic E-state index is 13.9. The van der Waals surface area contributed by atoms with Crippen LogP contribution in [0.15, 0.2) is 40.1 Å². The van der Waals surface area contributed by atoms with E-state index >= 15 is 0 Å². The van der Waals surface area contributed by atoms with Gasteiger partial charge in [0.2, 0.25) is 5.95 Å². The molecule has 0 aliphatic carbocycles. The molecule has 3 aromatic heterocycles. The molecule has 0 saturated carbocycles. The number of pyridine rings is 1. The molecule has 5 rings (SSSR count). The first-order valence-electron chi connectivity index (χ1n) is 11.9. The van der Waals surface area contributed by atoms with E-state index in [9.17, 15) is 9.59 Å². The highest BCUT2D eigenvalue weighted by Gasteiger charge is 2.26. The Hall–Kier alpha value is -4.10. The molecule has 1 aromatic carbocycles. The van der Waals surface area contributed by atoms with Crippen molar-refractivity contribution in [1.82, 2.24) is 23.7 Å². The lowest BCUT2D eigenvalue weighted by molar-refractivity contribution is 0.418. The Balaban J connectivity index is 1.71. The lowest BCUT2D eigenvalue weighted by Gasteiger charge is -2.31. The van der Waals surface area contributed by atoms with E-state index in [1.54, 1.807) is 33.3 Å². The molecule has 10 nitrogen and oxygen atoms in total. The van der Waals surface area contributed by atoms with Gasteiger partial charge in [-0.3, -0.25) is 23.5 Å². The molecule has 4 heterocycles. The molecule has 1 fully saturated rings. The second-order valence-corrected chi connectivity index (χ2v) is 9.00. The average molecular weight is 488 g/mol. The van der Waals surface area contributed by atoms with Crippen LogP contribution in [-0.4, -0.2) is 49.9 Å². The van der Waals surface area contributed by atoms with Gasteiger partial charge in [-0.2, -0.15) is 4.98 Å². The van der Waals surface area contributed by atoms with E-state index in [-0.39, 0.29) is 19.1 Å². The lowest BCUT2D eigenvalue weighted by atomic mass is 10.1. The van der Waals surface area contributed by atoms with Crippen LogP contribution >= 0.6 is 0 Å². The molecule has 1 saturated heterocycles. The molecule has 186 valence electrons. The number of nitrogens with two attached hydrogens (primary N) is 1. The van der Waals surface area contributed by atoms with Crippen LogP contribution in [0.3, 0.4) is 0 Å². The van der Waals surface area contributed by atoms with E-state index in [1.165, 1.54) is 9.13 Å². The predicted octanol–water partition coefficient (Wildman–Crippen LogP) is 1.45. The first-order valence-corrected chi connectivity index (χ1v) is 11.9. The first kappa shape index (κ1) is 23.6. The highest BCUT2D eigenvalue weighted by Crippen LogP contribution is 2.27. The van der Waals surface area contributed by atoms with Crippen molar-refractivity contribution in [2.24, 2.45) is 12.8 Å². The molecule has 36 heavy (non-hydrogen) atoms. The minimum atomic E-state index is -0.437. The van der Waals surface area contributed by atoms with Gasteiger partial charge in [0, 0.05) is 37.8 Å². The summed E-state index contributed by atoms with van der Waals surface area (Å²) in [7, 11) is 3.23. The van der Waals surface area contributed by atoms with E-state index in [0.29, 0.717) is 34.9 Å². The minimum Gasteiger partial charge on any atom is -0.494 e. The normalized spacial score (nSPS) is 15.8. The number of ether oxygens (including phenoxy) is 1. The summed E-state index contributed by atoms with van der Waals surface area (Å²) in [5.41, 5.74) is 7.55. The summed E-state index contributed by atoms with van der Waals surface area (Å²) in [5.74, 6) is 7.21. The zero-order valence-electron chi connectivity index (χ0n) is 20.7. The Morgan fingerprint density at radius 3 is 2.81 bits per heavy atom. The summed E-state index contributed by atoms with van der Waals surface area (Å²) in [6, 6.07) is 7.43. The second kappa shape index (κ2) is 9.51. The number of methoxy groups -OCH3 is 1. The van der Waals surface area contributed by atoms with E-state index in [2.05, 4.69) is 21.7 Å². The molecule has 1 atom stereocenters. The Bertz CT molecular complexity index is 1640. The van der Waals surface area contributed by atoms with Crippen molar-refractivity contribution in [2.75, 3.05) is 25.1 Å². The van der Waals surface area contributed by atoms with Crippen molar-refractivity contribution >= 4 is 28.0 Å². The highest BCUT2D eigenvalue weighted by atomic mass is 16.5. The molecule has 2 N–H and O–H groups in total. The van der Waals surface area contributed by atoms with Crippen LogP contribution in [-0.2, 0) is 20.1 Å². The quantitative estimate of drug-likeness (QED) is 0.424. The van der Waals surface area contributed by atoms with E-state index in [0.717, 1.165) is 30.3 Å². The van der Waals surface area contributed by atoms with Gasteiger partial charge in [-0.1, -0.05) is 18.1 Å². The fourth-order valence-electron chi connectivity index (χ4n) is 4.92. The standard InChI is InChI=1S/C26H29N7O3/c1-4-5-14-32-22-23(29-25(32)31-13-7-8-18(27)16-31)30(2)26(35)33(24(22)34)15-17-10-11-20(36-3)21-19(17)9-6-12-28-21/h6,9-12,18H,7-8,13-16,27H2,1-3H3. The number of hydrogen-bond donors (Lipinski definition) is 1. The van der Waals surface area contributed by atoms with Crippen molar-refractivity contribution in [2.45, 2.75) is 38.9 Å². The Kier molecular flexibility index (Phi) is 6.24. The topological polar surface area (TPSA) is 113 Å². The van der Waals surface area contributed by atoms with Crippen LogP contribution in [0.2, 0.25) is 0 Å². The first-order chi connectivity index (χ1) is 17.4. The van der Waals surface area contributed by atoms with E-state index in [1.807, 2.05) is 22.8 Å². The molecule has 1 aliphatic rings. The van der Waals surface area contributed by atoms with Gasteiger partial charge < -0.3 is 15.4 Å². The zero-order chi connectivity index (χ0) is 25.4. The third kappa shape index (κ3) is 3.91. The van der Waals surface area contributed by atoms with Crippen molar-refractivity contribution < 1.29 is 4.74 Å². The number of anilines is 1. The van der Waals surface area contributed by atoms with Crippen LogP contribution < -0.4 is 26.6 Å². The van der Waals surface area contributed by atoms with Crippen LogP contribution in [0.1, 0.15) is 25.3 Å². The fourth-order valence-corrected chi connectivity index (χ4v) is 4.92. The molecular weight excluding hydrogens is 458 g/mol. The van der Waals surface area contributed by atoms with Crippen molar-refractivity contribution in [1.29, 1.82) is 0 Å². The summed E-state index contributed by atoms with van der Waals surface area (Å²) in [6.07, 6.45) is 3.57. The van der Waals surface area contributed by atoms with Gasteiger partial charge in [0.05, 0.1) is 20.2 Å². The number of nitrogens with zero attached hydrogens (tertiary/aromatic N) is 6. The van der Waals surface area contributed by atoms with Crippen molar-refractivity contribution in [3.63, 3.8) is 0 Å². The molecule has 0 bridgehead atoms. The van der Waals surface area contributed by atoms with Gasteiger partial charge >= 0.3 is 5.69 Å². The van der Waals surface area contributed by atoms with Crippen LogP contribution in [0, 0.1) is 11.8 Å². The van der Waals surface area contributed by atoms with Gasteiger partial charge in [-0.05, 0) is 37.5 Å². The minimum absolute atomic E-state index is 0.0294. The third-order valence-electron chi connectivity index (χ3n) is 6.74. The largest absolute Gasteiger partial charge is 0.494 e. The smallest absolute Gasteiger partial charge is 0.332 e. The van der Waals surface area contributed by atoms with Crippen molar-refractivity contribution in [3.8, 4) is 17.6 Å². The van der Waals surface area contributed by atoms with E-state index < -0.39 is 11.2 Å². The van der Waals surface area contributed by atoms with E-state index in [4.69, 9.17) is 15.5 Å². The number of aromatic nitrogens is 5. The third-order valence-corrected chi connectivity index (χ3v) is 6.74. The van der Waals surface area contributed by atoms with Gasteiger partial charge in [0.1, 0.15) is 11.3 Å². The summed E-state index contributed by atoms with van der Waals surface area (Å²) in [6.45, 7) is 3.55. The molecule has 0 spiro atoms. The zero-order valence-corrected chi connectivity index (χ0v) is 20.7. The summed E-state index contributed by atoms with van der Waals surface area (Å²) in [4.78, 5) is 38.5. The Labute approximate surface area is 207 Å². The van der Waals surface area contributed by atoms with Gasteiger partial charge in [0.15, 0.2) is 11.2 Å². The number of benzene rings is 1. The average Bonchev–Trinajstić information content (AvgIpc) is 3.28. The fraction of sp³-hybridized carbons (Fsp3) is 0.385. The monoisotopic (exact) mass is 487 g/mol. The molecule has 1 unspecified atom stereocenters. The number of fused-ring (bicyclic) bond motifs is 2. The number of piperidine rings is 1. The van der Waals surface area contributed by atoms with Gasteiger partial charge in [-0.25, -0.2) is 4.79 Å². The lowest BCUT2D eigenvalue weighted by Crippen LogP contribution is -2.44. The molecule has 10 heteroatoms. The van der Waals surface area contributed by atoms with Gasteiger partial charge in [0.25, 0.3) is 5.56 Å². The SMILES string of the molecule is CC#CCn1c(N2CCCC(N)C2)nc2c1c(=O)n(Cc1ccc(OC)c3ncccc13)c(=O)n2C.